The van der Waals surface area contributed by atoms with Crippen LogP contribution in [0.1, 0.15) is 18.2 Å². The first-order valence-electron chi connectivity index (χ1n) is 8.11. The number of Topliss-reactive ketones (excluding diaryl/α,β-unsaturated/α-hetero) is 1. The summed E-state index contributed by atoms with van der Waals surface area (Å²) < 4.78 is 69.2. The topological polar surface area (TPSA) is 64.0 Å². The minimum Gasteiger partial charge on any atom is -0.326 e. The zero-order valence-electron chi connectivity index (χ0n) is 13.9. The fraction of sp³-hybridized carbons (Fsp3) is 0.167. The number of halogens is 5. The predicted octanol–water partition coefficient (Wildman–Crippen LogP) is 3.43. The average molecular weight is 395 g/mol. The highest BCUT2D eigenvalue weighted by molar-refractivity contribution is 6.12. The van der Waals surface area contributed by atoms with Crippen LogP contribution in [0.15, 0.2) is 24.3 Å². The second kappa shape index (κ2) is 6.39. The predicted molar refractivity (Wildman–Crippen MR) is 87.0 cm³/mol. The first-order chi connectivity index (χ1) is 13.3. The maximum Gasteiger partial charge on any atom is 0.242 e. The molecule has 10 heteroatoms. The number of nitrogens with one attached hydrogen (secondary N) is 1. The number of rotatable bonds is 2. The van der Waals surface area contributed by atoms with Gasteiger partial charge in [-0.05, 0) is 12.1 Å². The van der Waals surface area contributed by atoms with E-state index in [0.717, 1.165) is 0 Å². The molecule has 0 spiro atoms. The molecule has 4 rings (SSSR count). The molecule has 144 valence electrons. The van der Waals surface area contributed by atoms with Crippen LogP contribution in [0.4, 0.5) is 27.6 Å². The van der Waals surface area contributed by atoms with Gasteiger partial charge in [0.2, 0.25) is 11.7 Å². The van der Waals surface area contributed by atoms with Crippen LogP contribution in [0.3, 0.4) is 0 Å². The van der Waals surface area contributed by atoms with E-state index in [1.54, 1.807) is 34.1 Å². The summed E-state index contributed by atoms with van der Waals surface area (Å²) in [7, 11) is 0. The number of fused-ring (bicyclic) bond motifs is 3. The van der Waals surface area contributed by atoms with Crippen molar-refractivity contribution in [2.45, 2.75) is 18.9 Å². The molecule has 0 saturated carbocycles. The summed E-state index contributed by atoms with van der Waals surface area (Å²) >= 11 is 0. The van der Waals surface area contributed by atoms with Crippen LogP contribution < -0.4 is 5.32 Å². The summed E-state index contributed by atoms with van der Waals surface area (Å²) in [6.45, 7) is 0.251. The minimum atomic E-state index is -2.34. The van der Waals surface area contributed by atoms with Crippen molar-refractivity contribution in [3.63, 3.8) is 0 Å². The standard InChI is InChI=1S/C18H10F5N3O2/c19-11-12(20)14(22)16(15(23)13(11)21)25-18(28)10-9(27)5-6-26-8-4-2-1-3-7(8)24-17(10)26/h1-4,10H,5-6H2,(H,25,28). The molecule has 3 aromatic rings. The monoisotopic (exact) mass is 395 g/mol. The van der Waals surface area contributed by atoms with Crippen molar-refractivity contribution < 1.29 is 31.5 Å². The smallest absolute Gasteiger partial charge is 0.242 e. The number of carbonyl (C=O) groups excluding carboxylic acids is 2. The molecule has 2 aromatic carbocycles. The van der Waals surface area contributed by atoms with Crippen LogP contribution in [0.2, 0.25) is 0 Å². The van der Waals surface area contributed by atoms with Crippen LogP contribution in [-0.4, -0.2) is 21.2 Å². The highest BCUT2D eigenvalue weighted by atomic mass is 19.2. The van der Waals surface area contributed by atoms with E-state index in [1.807, 2.05) is 0 Å². The molecule has 0 saturated heterocycles. The van der Waals surface area contributed by atoms with E-state index in [-0.39, 0.29) is 18.8 Å². The van der Waals surface area contributed by atoms with Gasteiger partial charge in [-0.2, -0.15) is 0 Å². The largest absolute Gasteiger partial charge is 0.326 e. The van der Waals surface area contributed by atoms with E-state index in [2.05, 4.69) is 4.98 Å². The Balaban J connectivity index is 1.77. The normalized spacial score (nSPS) is 16.3. The van der Waals surface area contributed by atoms with E-state index in [1.165, 1.54) is 0 Å². The second-order valence-corrected chi connectivity index (χ2v) is 6.19. The van der Waals surface area contributed by atoms with Crippen molar-refractivity contribution in [2.24, 2.45) is 0 Å². The van der Waals surface area contributed by atoms with Crippen molar-refractivity contribution in [3.05, 3.63) is 59.2 Å². The van der Waals surface area contributed by atoms with E-state index >= 15 is 0 Å². The lowest BCUT2D eigenvalue weighted by atomic mass is 9.96. The zero-order valence-corrected chi connectivity index (χ0v) is 13.9. The van der Waals surface area contributed by atoms with Gasteiger partial charge in [-0.3, -0.25) is 9.59 Å². The third kappa shape index (κ3) is 2.55. The van der Waals surface area contributed by atoms with Gasteiger partial charge < -0.3 is 9.88 Å². The number of benzene rings is 2. The number of aryl methyl sites for hydroxylation is 1. The van der Waals surface area contributed by atoms with Crippen molar-refractivity contribution in [3.8, 4) is 0 Å². The molecule has 2 heterocycles. The summed E-state index contributed by atoms with van der Waals surface area (Å²) in [5.41, 5.74) is -0.359. The summed E-state index contributed by atoms with van der Waals surface area (Å²) in [6.07, 6.45) is -0.0530. The number of ketones is 1. The molecule has 28 heavy (non-hydrogen) atoms. The first kappa shape index (κ1) is 18.1. The Morgan fingerprint density at radius 3 is 2.29 bits per heavy atom. The zero-order chi connectivity index (χ0) is 20.2. The molecule has 1 aliphatic heterocycles. The van der Waals surface area contributed by atoms with Gasteiger partial charge in [0, 0.05) is 13.0 Å². The Kier molecular flexibility index (Phi) is 4.13. The minimum absolute atomic E-state index is 0.0406. The lowest BCUT2D eigenvalue weighted by Gasteiger charge is -2.22. The summed E-state index contributed by atoms with van der Waals surface area (Å²) in [4.78, 5) is 29.1. The van der Waals surface area contributed by atoms with E-state index in [0.29, 0.717) is 11.0 Å². The molecule has 1 aliphatic rings. The Bertz CT molecular complexity index is 1130. The van der Waals surface area contributed by atoms with Gasteiger partial charge in [-0.15, -0.1) is 0 Å². The third-order valence-electron chi connectivity index (χ3n) is 4.57. The lowest BCUT2D eigenvalue weighted by Crippen LogP contribution is -2.35. The van der Waals surface area contributed by atoms with Gasteiger partial charge >= 0.3 is 0 Å². The number of nitrogens with zero attached hydrogens (tertiary/aromatic N) is 2. The molecule has 1 atom stereocenters. The fourth-order valence-corrected chi connectivity index (χ4v) is 3.23. The molecule has 0 radical (unpaired) electrons. The van der Waals surface area contributed by atoms with Gasteiger partial charge in [0.15, 0.2) is 35.0 Å². The van der Waals surface area contributed by atoms with Crippen LogP contribution in [0.5, 0.6) is 0 Å². The van der Waals surface area contributed by atoms with Crippen LogP contribution in [-0.2, 0) is 16.1 Å². The summed E-state index contributed by atoms with van der Waals surface area (Å²) in [5, 5.41) is 1.66. The molecule has 1 aromatic heterocycles. The summed E-state index contributed by atoms with van der Waals surface area (Å²) in [5.74, 6) is -14.4. The Labute approximate surface area is 153 Å². The molecule has 0 aliphatic carbocycles. The second-order valence-electron chi connectivity index (χ2n) is 6.19. The quantitative estimate of drug-likeness (QED) is 0.313. The number of imidazole rings is 1. The third-order valence-corrected chi connectivity index (χ3v) is 4.57. The van der Waals surface area contributed by atoms with Gasteiger partial charge in [0.25, 0.3) is 0 Å². The Hall–Kier alpha value is -3.30. The molecular formula is C18H10F5N3O2. The Morgan fingerprint density at radius 2 is 1.61 bits per heavy atom. The van der Waals surface area contributed by atoms with Crippen LogP contribution in [0, 0.1) is 29.1 Å². The highest BCUT2D eigenvalue weighted by Gasteiger charge is 2.38. The molecule has 1 unspecified atom stereocenters. The van der Waals surface area contributed by atoms with E-state index in [9.17, 15) is 31.5 Å². The van der Waals surface area contributed by atoms with Crippen molar-refractivity contribution >= 4 is 28.4 Å². The van der Waals surface area contributed by atoms with Crippen LogP contribution >= 0.6 is 0 Å². The maximum absolute atomic E-state index is 13.8. The average Bonchev–Trinajstić information content (AvgIpc) is 3.06. The SMILES string of the molecule is O=C1CCn2c(nc3ccccc32)C1C(=O)Nc1c(F)c(F)c(F)c(F)c1F. The van der Waals surface area contributed by atoms with Crippen molar-refractivity contribution in [2.75, 3.05) is 5.32 Å². The van der Waals surface area contributed by atoms with Crippen molar-refractivity contribution in [1.82, 2.24) is 9.55 Å². The van der Waals surface area contributed by atoms with Gasteiger partial charge in [-0.1, -0.05) is 12.1 Å². The van der Waals surface area contributed by atoms with Gasteiger partial charge in [0.05, 0.1) is 11.0 Å². The molecular weight excluding hydrogens is 385 g/mol. The highest BCUT2D eigenvalue weighted by Crippen LogP contribution is 2.32. The molecule has 0 fully saturated rings. The fourth-order valence-electron chi connectivity index (χ4n) is 3.23. The number of carbonyl (C=O) groups is 2. The molecule has 1 amide bonds. The lowest BCUT2D eigenvalue weighted by molar-refractivity contribution is -0.128. The number of hydrogen-bond acceptors (Lipinski definition) is 3. The number of para-hydroxylation sites is 2. The number of amides is 1. The van der Waals surface area contributed by atoms with Gasteiger partial charge in [-0.25, -0.2) is 26.9 Å². The first-order valence-corrected chi connectivity index (χ1v) is 8.11. The number of aromatic nitrogens is 2. The molecule has 0 bridgehead atoms. The van der Waals surface area contributed by atoms with E-state index < -0.39 is 52.4 Å². The van der Waals surface area contributed by atoms with E-state index in [4.69, 9.17) is 0 Å². The van der Waals surface area contributed by atoms with Gasteiger partial charge in [0.1, 0.15) is 11.5 Å². The maximum atomic E-state index is 13.8. The number of anilines is 1. The molecule has 1 N–H and O–H groups in total. The molecule has 5 nitrogen and oxygen atoms in total. The number of hydrogen-bond donors (Lipinski definition) is 1. The summed E-state index contributed by atoms with van der Waals surface area (Å²) in [6, 6.07) is 6.81. The van der Waals surface area contributed by atoms with Crippen LogP contribution in [0.25, 0.3) is 11.0 Å². The van der Waals surface area contributed by atoms with Crippen molar-refractivity contribution in [1.29, 1.82) is 0 Å². The Morgan fingerprint density at radius 1 is 1.00 bits per heavy atom.